The summed E-state index contributed by atoms with van der Waals surface area (Å²) in [6.07, 6.45) is 6.64. The summed E-state index contributed by atoms with van der Waals surface area (Å²) in [6.45, 7) is 2.24. The summed E-state index contributed by atoms with van der Waals surface area (Å²) in [4.78, 5) is 14.0. The number of hydrogen-bond acceptors (Lipinski definition) is 3. The maximum absolute atomic E-state index is 12.2. The van der Waals surface area contributed by atoms with Crippen molar-refractivity contribution in [2.45, 2.75) is 44.6 Å². The Morgan fingerprint density at radius 1 is 1.33 bits per heavy atom. The van der Waals surface area contributed by atoms with Gasteiger partial charge in [0.05, 0.1) is 6.61 Å². The van der Waals surface area contributed by atoms with Crippen LogP contribution in [0.3, 0.4) is 0 Å². The molecule has 0 aromatic rings. The topological polar surface area (TPSA) is 55.6 Å². The minimum Gasteiger partial charge on any atom is -0.379 e. The van der Waals surface area contributed by atoms with Crippen LogP contribution in [0.25, 0.3) is 0 Å². The molecule has 0 spiro atoms. The smallest absolute Gasteiger partial charge is 0.225 e. The first-order chi connectivity index (χ1) is 8.66. The largest absolute Gasteiger partial charge is 0.379 e. The van der Waals surface area contributed by atoms with Crippen molar-refractivity contribution in [1.82, 2.24) is 4.90 Å². The van der Waals surface area contributed by atoms with Gasteiger partial charge in [0.25, 0.3) is 0 Å². The Bertz CT molecular complexity index is 279. The molecule has 0 heterocycles. The van der Waals surface area contributed by atoms with Gasteiger partial charge in [-0.25, -0.2) is 0 Å². The van der Waals surface area contributed by atoms with Crippen LogP contribution in [0.2, 0.25) is 0 Å². The number of likely N-dealkylation sites (N-methyl/N-ethyl adjacent to an activating group) is 1. The highest BCUT2D eigenvalue weighted by Crippen LogP contribution is 2.28. The van der Waals surface area contributed by atoms with Crippen molar-refractivity contribution in [3.05, 3.63) is 0 Å². The van der Waals surface area contributed by atoms with Gasteiger partial charge in [-0.3, -0.25) is 4.79 Å². The Morgan fingerprint density at radius 3 is 2.78 bits per heavy atom. The zero-order valence-electron chi connectivity index (χ0n) is 11.4. The monoisotopic (exact) mass is 254 g/mol. The lowest BCUT2D eigenvalue weighted by atomic mass is 9.85. The van der Waals surface area contributed by atoms with Gasteiger partial charge >= 0.3 is 0 Å². The van der Waals surface area contributed by atoms with Crippen LogP contribution in [0.4, 0.5) is 0 Å². The molecular weight excluding hydrogens is 228 g/mol. The van der Waals surface area contributed by atoms with Gasteiger partial charge < -0.3 is 15.4 Å². The van der Waals surface area contributed by atoms with Gasteiger partial charge in [-0.05, 0) is 38.0 Å². The molecule has 0 bridgehead atoms. The summed E-state index contributed by atoms with van der Waals surface area (Å²) >= 11 is 0. The Hall–Kier alpha value is -0.610. The van der Waals surface area contributed by atoms with Crippen LogP contribution in [0.5, 0.6) is 0 Å². The number of carbonyl (C=O) groups excluding carboxylic acids is 1. The van der Waals surface area contributed by atoms with Gasteiger partial charge in [0.2, 0.25) is 5.91 Å². The first kappa shape index (κ1) is 13.8. The van der Waals surface area contributed by atoms with Crippen molar-refractivity contribution in [1.29, 1.82) is 0 Å². The second kappa shape index (κ2) is 6.53. The fraction of sp³-hybridized carbons (Fsp3) is 0.929. The predicted octanol–water partition coefficient (Wildman–Crippen LogP) is 1.39. The number of rotatable bonds is 6. The average molecular weight is 254 g/mol. The highest BCUT2D eigenvalue weighted by molar-refractivity contribution is 5.78. The lowest BCUT2D eigenvalue weighted by Crippen LogP contribution is -2.40. The third-order valence-corrected chi connectivity index (χ3v) is 4.06. The van der Waals surface area contributed by atoms with E-state index < -0.39 is 0 Å². The van der Waals surface area contributed by atoms with E-state index in [1.54, 1.807) is 0 Å². The normalized spacial score (nSPS) is 28.1. The van der Waals surface area contributed by atoms with E-state index in [0.717, 1.165) is 38.2 Å². The first-order valence-corrected chi connectivity index (χ1v) is 7.25. The molecular formula is C14H26N2O2. The molecule has 0 radical (unpaired) electrons. The molecule has 0 aromatic heterocycles. The van der Waals surface area contributed by atoms with Crippen LogP contribution in [-0.2, 0) is 9.53 Å². The van der Waals surface area contributed by atoms with Crippen LogP contribution in [-0.4, -0.2) is 43.7 Å². The summed E-state index contributed by atoms with van der Waals surface area (Å²) < 4.78 is 5.57. The van der Waals surface area contributed by atoms with E-state index in [1.807, 2.05) is 11.9 Å². The summed E-state index contributed by atoms with van der Waals surface area (Å²) in [7, 11) is 1.88. The van der Waals surface area contributed by atoms with E-state index in [-0.39, 0.29) is 17.9 Å². The number of ether oxygens (including phenoxy) is 1. The molecule has 0 saturated heterocycles. The lowest BCUT2D eigenvalue weighted by Gasteiger charge is -2.29. The molecule has 2 aliphatic carbocycles. The number of nitrogens with two attached hydrogens (primary N) is 1. The lowest BCUT2D eigenvalue weighted by molar-refractivity contribution is -0.136. The average Bonchev–Trinajstić information content (AvgIpc) is 3.17. The molecule has 2 atom stereocenters. The number of carbonyl (C=O) groups is 1. The third kappa shape index (κ3) is 4.25. The molecule has 4 heteroatoms. The van der Waals surface area contributed by atoms with Crippen LogP contribution < -0.4 is 5.73 Å². The Morgan fingerprint density at radius 2 is 2.11 bits per heavy atom. The fourth-order valence-electron chi connectivity index (χ4n) is 2.61. The van der Waals surface area contributed by atoms with Crippen molar-refractivity contribution in [2.75, 3.05) is 26.8 Å². The van der Waals surface area contributed by atoms with Gasteiger partial charge in [0.1, 0.15) is 0 Å². The zero-order valence-corrected chi connectivity index (χ0v) is 11.4. The summed E-state index contributed by atoms with van der Waals surface area (Å²) in [5, 5.41) is 0. The molecule has 18 heavy (non-hydrogen) atoms. The Kier molecular flexibility index (Phi) is 5.01. The second-order valence-electron chi connectivity index (χ2n) is 5.90. The number of hydrogen-bond donors (Lipinski definition) is 1. The minimum absolute atomic E-state index is 0.141. The van der Waals surface area contributed by atoms with Crippen molar-refractivity contribution in [2.24, 2.45) is 17.6 Å². The molecule has 1 amide bonds. The predicted molar refractivity (Wildman–Crippen MR) is 71.1 cm³/mol. The first-order valence-electron chi connectivity index (χ1n) is 7.25. The highest BCUT2D eigenvalue weighted by Gasteiger charge is 2.27. The van der Waals surface area contributed by atoms with E-state index in [0.29, 0.717) is 13.2 Å². The van der Waals surface area contributed by atoms with Crippen molar-refractivity contribution in [3.8, 4) is 0 Å². The van der Waals surface area contributed by atoms with Crippen LogP contribution in [0, 0.1) is 11.8 Å². The summed E-state index contributed by atoms with van der Waals surface area (Å²) in [5.41, 5.74) is 5.93. The van der Waals surface area contributed by atoms with Crippen molar-refractivity contribution >= 4 is 5.91 Å². The van der Waals surface area contributed by atoms with E-state index in [9.17, 15) is 4.79 Å². The van der Waals surface area contributed by atoms with Gasteiger partial charge in [-0.1, -0.05) is 6.42 Å². The molecule has 0 aliphatic heterocycles. The zero-order chi connectivity index (χ0) is 13.0. The van der Waals surface area contributed by atoms with Crippen LogP contribution in [0.1, 0.15) is 38.5 Å². The van der Waals surface area contributed by atoms with Gasteiger partial charge in [0, 0.05) is 32.2 Å². The molecule has 104 valence electrons. The molecule has 2 rings (SSSR count). The maximum Gasteiger partial charge on any atom is 0.225 e. The second-order valence-corrected chi connectivity index (χ2v) is 5.90. The molecule has 2 saturated carbocycles. The molecule has 4 nitrogen and oxygen atoms in total. The minimum atomic E-state index is 0.141. The highest BCUT2D eigenvalue weighted by atomic mass is 16.5. The third-order valence-electron chi connectivity index (χ3n) is 4.06. The number of nitrogens with zero attached hydrogens (tertiary/aromatic N) is 1. The number of amides is 1. The van der Waals surface area contributed by atoms with E-state index in [4.69, 9.17) is 10.5 Å². The molecule has 2 aliphatic rings. The SMILES string of the molecule is CN(CCOCC1CC1)C(=O)C1CCCC(N)C1. The van der Waals surface area contributed by atoms with Crippen molar-refractivity contribution in [3.63, 3.8) is 0 Å². The standard InChI is InChI=1S/C14H26N2O2/c1-16(7-8-18-10-11-5-6-11)14(17)12-3-2-4-13(15)9-12/h11-13H,2-10,15H2,1H3. The Balaban J connectivity index is 1.63. The van der Waals surface area contributed by atoms with Crippen molar-refractivity contribution < 1.29 is 9.53 Å². The molecule has 0 aromatic carbocycles. The van der Waals surface area contributed by atoms with Crippen LogP contribution in [0.15, 0.2) is 0 Å². The van der Waals surface area contributed by atoms with Gasteiger partial charge in [0.15, 0.2) is 0 Å². The fourth-order valence-corrected chi connectivity index (χ4v) is 2.61. The van der Waals surface area contributed by atoms with E-state index >= 15 is 0 Å². The summed E-state index contributed by atoms with van der Waals surface area (Å²) in [5.74, 6) is 1.18. The molecule has 2 unspecified atom stereocenters. The van der Waals surface area contributed by atoms with Crippen LogP contribution >= 0.6 is 0 Å². The van der Waals surface area contributed by atoms with E-state index in [2.05, 4.69) is 0 Å². The van der Waals surface area contributed by atoms with E-state index in [1.165, 1.54) is 12.8 Å². The molecule has 2 fully saturated rings. The molecule has 2 N–H and O–H groups in total. The van der Waals surface area contributed by atoms with Gasteiger partial charge in [-0.2, -0.15) is 0 Å². The van der Waals surface area contributed by atoms with Gasteiger partial charge in [-0.15, -0.1) is 0 Å². The maximum atomic E-state index is 12.2. The summed E-state index contributed by atoms with van der Waals surface area (Å²) in [6, 6.07) is 0.215. The Labute approximate surface area is 110 Å². The quantitative estimate of drug-likeness (QED) is 0.729.